The second-order valence-corrected chi connectivity index (χ2v) is 9.18. The first kappa shape index (κ1) is 24.8. The van der Waals surface area contributed by atoms with E-state index in [0.717, 1.165) is 29.8 Å². The number of carbonyl (C=O) groups is 1. The summed E-state index contributed by atoms with van der Waals surface area (Å²) in [7, 11) is 0. The maximum Gasteiger partial charge on any atom is 0.246 e. The van der Waals surface area contributed by atoms with Gasteiger partial charge in [0.1, 0.15) is 12.4 Å². The molecule has 3 aromatic rings. The maximum atomic E-state index is 12.6. The van der Waals surface area contributed by atoms with Crippen molar-refractivity contribution in [1.29, 1.82) is 0 Å². The number of nitrogens with zero attached hydrogens (tertiary/aromatic N) is 2. The van der Waals surface area contributed by atoms with E-state index in [1.165, 1.54) is 5.56 Å². The first-order chi connectivity index (χ1) is 16.9. The number of piperazine rings is 1. The van der Waals surface area contributed by atoms with Gasteiger partial charge in [-0.05, 0) is 61.7 Å². The zero-order chi connectivity index (χ0) is 24.8. The van der Waals surface area contributed by atoms with Crippen LogP contribution in [0.3, 0.4) is 0 Å². The second-order valence-electron chi connectivity index (χ2n) is 8.78. The summed E-state index contributed by atoms with van der Waals surface area (Å²) in [6, 6.07) is 15.7. The van der Waals surface area contributed by atoms with E-state index in [1.807, 2.05) is 43.0 Å². The normalized spacial score (nSPS) is 15.9. The molecule has 1 atom stereocenters. The largest absolute Gasteiger partial charge is 0.487 e. The van der Waals surface area contributed by atoms with Crippen molar-refractivity contribution >= 4 is 23.6 Å². The minimum Gasteiger partial charge on any atom is -0.487 e. The molecule has 2 aromatic carbocycles. The van der Waals surface area contributed by atoms with Gasteiger partial charge in [0.25, 0.3) is 0 Å². The second kappa shape index (κ2) is 11.4. The van der Waals surface area contributed by atoms with Crippen LogP contribution in [0.1, 0.15) is 29.2 Å². The first-order valence-electron chi connectivity index (χ1n) is 11.7. The fourth-order valence-electron chi connectivity index (χ4n) is 3.88. The Morgan fingerprint density at radius 3 is 2.69 bits per heavy atom. The molecule has 1 aromatic heterocycles. The standard InChI is InChI=1S/C28H30ClN3O3/c1-19-4-6-22(7-5-19)18-34-24-9-10-26(31-17-24)35-28-20(2)14-23(15-25(28)29)8-11-27(33)32-13-12-30-16-21(32)3/h4-11,14-15,17,21,30H,12-13,16,18H2,1-3H3/b11-8+/t21-/m0/s1. The fraction of sp³-hybridized carbons (Fsp3) is 0.286. The summed E-state index contributed by atoms with van der Waals surface area (Å²) in [5.74, 6) is 1.61. The molecule has 7 heteroatoms. The molecule has 1 amide bonds. The summed E-state index contributed by atoms with van der Waals surface area (Å²) >= 11 is 6.52. The predicted molar refractivity (Wildman–Crippen MR) is 139 cm³/mol. The number of aromatic nitrogens is 1. The van der Waals surface area contributed by atoms with Crippen molar-refractivity contribution in [2.45, 2.75) is 33.4 Å². The molecule has 6 nitrogen and oxygen atoms in total. The van der Waals surface area contributed by atoms with Crippen molar-refractivity contribution in [1.82, 2.24) is 15.2 Å². The highest BCUT2D eigenvalue weighted by Crippen LogP contribution is 2.34. The van der Waals surface area contributed by atoms with Gasteiger partial charge in [0.05, 0.1) is 11.2 Å². The maximum absolute atomic E-state index is 12.6. The molecule has 1 aliphatic rings. The third kappa shape index (κ3) is 6.62. The van der Waals surface area contributed by atoms with Gasteiger partial charge in [-0.1, -0.05) is 41.4 Å². The molecule has 2 heterocycles. The highest BCUT2D eigenvalue weighted by Gasteiger charge is 2.21. The van der Waals surface area contributed by atoms with Crippen LogP contribution in [0.2, 0.25) is 5.02 Å². The molecule has 1 fully saturated rings. The lowest BCUT2D eigenvalue weighted by molar-refractivity contribution is -0.128. The summed E-state index contributed by atoms with van der Waals surface area (Å²) in [5, 5.41) is 3.74. The molecule has 0 bridgehead atoms. The van der Waals surface area contributed by atoms with Crippen LogP contribution >= 0.6 is 11.6 Å². The van der Waals surface area contributed by atoms with Gasteiger partial charge in [0, 0.05) is 37.8 Å². The van der Waals surface area contributed by atoms with E-state index >= 15 is 0 Å². The highest BCUT2D eigenvalue weighted by molar-refractivity contribution is 6.32. The van der Waals surface area contributed by atoms with Gasteiger partial charge >= 0.3 is 0 Å². The van der Waals surface area contributed by atoms with E-state index in [0.29, 0.717) is 35.6 Å². The van der Waals surface area contributed by atoms with E-state index in [-0.39, 0.29) is 11.9 Å². The van der Waals surface area contributed by atoms with Crippen molar-refractivity contribution in [3.63, 3.8) is 0 Å². The number of nitrogens with one attached hydrogen (secondary N) is 1. The molecule has 1 aliphatic heterocycles. The van der Waals surface area contributed by atoms with Crippen LogP contribution in [0.15, 0.2) is 60.8 Å². The average molecular weight is 492 g/mol. The lowest BCUT2D eigenvalue weighted by Gasteiger charge is -2.33. The van der Waals surface area contributed by atoms with Gasteiger partial charge in [-0.15, -0.1) is 0 Å². The molecule has 4 rings (SSSR count). The number of benzene rings is 2. The lowest BCUT2D eigenvalue weighted by atomic mass is 10.1. The molecule has 0 radical (unpaired) electrons. The number of ether oxygens (including phenoxy) is 2. The van der Waals surface area contributed by atoms with Crippen LogP contribution in [0.25, 0.3) is 6.08 Å². The monoisotopic (exact) mass is 491 g/mol. The Bertz CT molecular complexity index is 1170. The molecule has 0 unspecified atom stereocenters. The molecular formula is C28H30ClN3O3. The molecule has 1 saturated heterocycles. The van der Waals surface area contributed by atoms with E-state index < -0.39 is 0 Å². The molecule has 182 valence electrons. The number of hydrogen-bond donors (Lipinski definition) is 1. The van der Waals surface area contributed by atoms with Crippen LogP contribution in [-0.4, -0.2) is 41.5 Å². The number of hydrogen-bond acceptors (Lipinski definition) is 5. The molecule has 1 N–H and O–H groups in total. The average Bonchev–Trinajstić information content (AvgIpc) is 2.85. The smallest absolute Gasteiger partial charge is 0.246 e. The molecule has 35 heavy (non-hydrogen) atoms. The zero-order valence-electron chi connectivity index (χ0n) is 20.3. The Balaban J connectivity index is 1.37. The number of amides is 1. The first-order valence-corrected chi connectivity index (χ1v) is 12.1. The molecule has 0 spiro atoms. The van der Waals surface area contributed by atoms with Gasteiger partial charge in [0.2, 0.25) is 11.8 Å². The molecule has 0 saturated carbocycles. The number of halogens is 1. The number of rotatable bonds is 7. The number of aryl methyl sites for hydroxylation is 2. The predicted octanol–water partition coefficient (Wildman–Crippen LogP) is 5.56. The summed E-state index contributed by atoms with van der Waals surface area (Å²) in [5.41, 5.74) is 4.00. The van der Waals surface area contributed by atoms with Crippen molar-refractivity contribution < 1.29 is 14.3 Å². The topological polar surface area (TPSA) is 63.7 Å². The van der Waals surface area contributed by atoms with Crippen molar-refractivity contribution in [2.24, 2.45) is 0 Å². The van der Waals surface area contributed by atoms with Crippen molar-refractivity contribution in [2.75, 3.05) is 19.6 Å². The van der Waals surface area contributed by atoms with E-state index in [4.69, 9.17) is 21.1 Å². The summed E-state index contributed by atoms with van der Waals surface area (Å²) in [6.45, 7) is 8.82. The Labute approximate surface area is 211 Å². The lowest BCUT2D eigenvalue weighted by Crippen LogP contribution is -2.51. The third-order valence-electron chi connectivity index (χ3n) is 5.90. The van der Waals surface area contributed by atoms with E-state index in [1.54, 1.807) is 30.5 Å². The van der Waals surface area contributed by atoms with E-state index in [2.05, 4.69) is 29.4 Å². The van der Waals surface area contributed by atoms with Gasteiger partial charge in [-0.25, -0.2) is 4.98 Å². The van der Waals surface area contributed by atoms with Crippen molar-refractivity contribution in [3.8, 4) is 17.4 Å². The van der Waals surface area contributed by atoms with Crippen LogP contribution in [0.4, 0.5) is 0 Å². The minimum atomic E-state index is 0.00184. The van der Waals surface area contributed by atoms with Gasteiger partial charge < -0.3 is 19.7 Å². The van der Waals surface area contributed by atoms with Crippen LogP contribution in [0.5, 0.6) is 17.4 Å². The number of pyridine rings is 1. The summed E-state index contributed by atoms with van der Waals surface area (Å²) in [4.78, 5) is 18.8. The Kier molecular flexibility index (Phi) is 8.06. The summed E-state index contributed by atoms with van der Waals surface area (Å²) in [6.07, 6.45) is 5.02. The molecular weight excluding hydrogens is 462 g/mol. The minimum absolute atomic E-state index is 0.00184. The SMILES string of the molecule is Cc1ccc(COc2ccc(Oc3c(C)cc(/C=C/C(=O)N4CCNC[C@@H]4C)cc3Cl)nc2)cc1. The van der Waals surface area contributed by atoms with Gasteiger partial charge in [-0.2, -0.15) is 0 Å². The number of carbonyl (C=O) groups excluding carboxylic acids is 1. The van der Waals surface area contributed by atoms with Crippen molar-refractivity contribution in [3.05, 3.63) is 88.1 Å². The van der Waals surface area contributed by atoms with Gasteiger partial charge in [0.15, 0.2) is 5.75 Å². The van der Waals surface area contributed by atoms with Crippen LogP contribution in [0, 0.1) is 13.8 Å². The Morgan fingerprint density at radius 2 is 2.00 bits per heavy atom. The molecule has 0 aliphatic carbocycles. The van der Waals surface area contributed by atoms with Gasteiger partial charge in [-0.3, -0.25) is 4.79 Å². The third-order valence-corrected chi connectivity index (χ3v) is 6.18. The Hall–Kier alpha value is -3.35. The van der Waals surface area contributed by atoms with Crippen LogP contribution in [-0.2, 0) is 11.4 Å². The zero-order valence-corrected chi connectivity index (χ0v) is 21.0. The fourth-order valence-corrected chi connectivity index (χ4v) is 4.20. The Morgan fingerprint density at radius 1 is 1.20 bits per heavy atom. The quantitative estimate of drug-likeness (QED) is 0.438. The highest BCUT2D eigenvalue weighted by atomic mass is 35.5. The summed E-state index contributed by atoms with van der Waals surface area (Å²) < 4.78 is 11.8. The van der Waals surface area contributed by atoms with E-state index in [9.17, 15) is 4.79 Å². The van der Waals surface area contributed by atoms with Crippen LogP contribution < -0.4 is 14.8 Å².